The summed E-state index contributed by atoms with van der Waals surface area (Å²) in [6.45, 7) is -0.746. The van der Waals surface area contributed by atoms with Crippen molar-refractivity contribution in [1.29, 1.82) is 0 Å². The number of aryl methyl sites for hydroxylation is 1. The van der Waals surface area contributed by atoms with Crippen molar-refractivity contribution in [3.8, 4) is 5.75 Å². The molecule has 0 aromatic heterocycles. The van der Waals surface area contributed by atoms with Gasteiger partial charge in [-0.15, -0.1) is 0 Å². The fraction of sp³-hybridized carbons (Fsp3) is 0.286. The van der Waals surface area contributed by atoms with Crippen LogP contribution in [-0.2, 0) is 20.7 Å². The maximum atomic E-state index is 12.1. The molecule has 3 N–H and O–H groups in total. The van der Waals surface area contributed by atoms with Crippen molar-refractivity contribution in [3.05, 3.63) is 65.2 Å². The first kappa shape index (κ1) is 19.4. The fourth-order valence-electron chi connectivity index (χ4n) is 3.21. The quantitative estimate of drug-likeness (QED) is 0.711. The zero-order chi connectivity index (χ0) is 19.9. The zero-order valence-corrected chi connectivity index (χ0v) is 15.4. The number of nitrogens with one attached hydrogen (secondary N) is 1. The lowest BCUT2D eigenvalue weighted by atomic mass is 9.88. The molecule has 0 radical (unpaired) electrons. The van der Waals surface area contributed by atoms with Gasteiger partial charge in [0.1, 0.15) is 5.75 Å². The summed E-state index contributed by atoms with van der Waals surface area (Å²) in [6, 6.07) is 14.1. The van der Waals surface area contributed by atoms with Gasteiger partial charge in [-0.05, 0) is 48.6 Å². The molecule has 7 heteroatoms. The van der Waals surface area contributed by atoms with Gasteiger partial charge in [-0.3, -0.25) is 9.59 Å². The molecule has 0 saturated carbocycles. The molecule has 0 bridgehead atoms. The first-order valence-corrected chi connectivity index (χ1v) is 9.08. The Morgan fingerprint density at radius 2 is 1.89 bits per heavy atom. The van der Waals surface area contributed by atoms with E-state index in [0.717, 1.165) is 24.8 Å². The van der Waals surface area contributed by atoms with Gasteiger partial charge in [-0.2, -0.15) is 0 Å². The van der Waals surface area contributed by atoms with Crippen LogP contribution in [-0.4, -0.2) is 31.0 Å². The first-order valence-electron chi connectivity index (χ1n) is 9.08. The molecule has 0 fully saturated rings. The van der Waals surface area contributed by atoms with Crippen LogP contribution in [0, 0.1) is 0 Å². The smallest absolute Gasteiger partial charge is 0.344 e. The van der Waals surface area contributed by atoms with E-state index in [1.807, 2.05) is 18.2 Å². The lowest BCUT2D eigenvalue weighted by Gasteiger charge is -2.26. The van der Waals surface area contributed by atoms with Crippen molar-refractivity contribution in [3.63, 3.8) is 0 Å². The van der Waals surface area contributed by atoms with Crippen LogP contribution < -0.4 is 15.8 Å². The Kier molecular flexibility index (Phi) is 6.26. The third-order valence-electron chi connectivity index (χ3n) is 4.54. The van der Waals surface area contributed by atoms with Crippen LogP contribution in [0.1, 0.15) is 40.4 Å². The molecule has 0 aliphatic heterocycles. The van der Waals surface area contributed by atoms with Crippen molar-refractivity contribution in [2.75, 3.05) is 13.2 Å². The lowest BCUT2D eigenvalue weighted by molar-refractivity contribution is -0.150. The van der Waals surface area contributed by atoms with Gasteiger partial charge in [0.05, 0.1) is 6.04 Å². The number of hydrogen-bond donors (Lipinski definition) is 2. The Labute approximate surface area is 162 Å². The Morgan fingerprint density at radius 1 is 1.07 bits per heavy atom. The van der Waals surface area contributed by atoms with Crippen LogP contribution in [0.3, 0.4) is 0 Å². The van der Waals surface area contributed by atoms with Crippen LogP contribution in [0.4, 0.5) is 0 Å². The summed E-state index contributed by atoms with van der Waals surface area (Å²) >= 11 is 0. The number of carbonyl (C=O) groups excluding carboxylic acids is 3. The number of nitrogens with two attached hydrogens (primary N) is 1. The van der Waals surface area contributed by atoms with Gasteiger partial charge in [0, 0.05) is 5.56 Å². The number of ether oxygens (including phenoxy) is 2. The molecule has 3 rings (SSSR count). The number of fused-ring (bicyclic) bond motifs is 1. The second kappa shape index (κ2) is 9.03. The van der Waals surface area contributed by atoms with Gasteiger partial charge in [0.15, 0.2) is 13.2 Å². The number of carbonyl (C=O) groups is 3. The minimum atomic E-state index is -0.677. The van der Waals surface area contributed by atoms with E-state index in [9.17, 15) is 14.4 Å². The Balaban J connectivity index is 1.44. The summed E-state index contributed by atoms with van der Waals surface area (Å²) in [5, 5.41) is 2.92. The Bertz CT molecular complexity index is 881. The number of esters is 1. The van der Waals surface area contributed by atoms with Gasteiger partial charge in [0.25, 0.3) is 5.91 Å². The number of benzene rings is 2. The van der Waals surface area contributed by atoms with Crippen LogP contribution in [0.15, 0.2) is 48.5 Å². The third-order valence-corrected chi connectivity index (χ3v) is 4.54. The minimum absolute atomic E-state index is 0.0658. The van der Waals surface area contributed by atoms with Gasteiger partial charge < -0.3 is 20.5 Å². The molecule has 1 aliphatic carbocycles. The fourth-order valence-corrected chi connectivity index (χ4v) is 3.21. The molecule has 28 heavy (non-hydrogen) atoms. The molecule has 1 aliphatic rings. The second-order valence-electron chi connectivity index (χ2n) is 6.55. The molecule has 2 aromatic carbocycles. The van der Waals surface area contributed by atoms with Gasteiger partial charge >= 0.3 is 5.97 Å². The summed E-state index contributed by atoms with van der Waals surface area (Å²) in [5.74, 6) is -1.31. The predicted octanol–water partition coefficient (Wildman–Crippen LogP) is 1.90. The minimum Gasteiger partial charge on any atom is -0.482 e. The first-order chi connectivity index (χ1) is 13.5. The maximum Gasteiger partial charge on any atom is 0.344 e. The number of amides is 2. The Morgan fingerprint density at radius 3 is 2.71 bits per heavy atom. The van der Waals surface area contributed by atoms with E-state index < -0.39 is 11.9 Å². The van der Waals surface area contributed by atoms with Crippen LogP contribution >= 0.6 is 0 Å². The molecule has 0 heterocycles. The van der Waals surface area contributed by atoms with E-state index >= 15 is 0 Å². The standard InChI is InChI=1S/C21H22N2O5/c22-21(26)15-7-3-8-16(11-15)27-13-20(25)28-12-19(24)23-18-10-4-6-14-5-1-2-9-17(14)18/h1-3,5,7-9,11,18H,4,6,10,12-13H2,(H2,22,26)(H,23,24). The lowest BCUT2D eigenvalue weighted by Crippen LogP contribution is -2.34. The molecule has 2 amide bonds. The highest BCUT2D eigenvalue weighted by atomic mass is 16.6. The van der Waals surface area contributed by atoms with Crippen molar-refractivity contribution >= 4 is 17.8 Å². The van der Waals surface area contributed by atoms with Gasteiger partial charge in [-0.25, -0.2) is 4.79 Å². The highest BCUT2D eigenvalue weighted by Gasteiger charge is 2.21. The maximum absolute atomic E-state index is 12.1. The third kappa shape index (κ3) is 5.09. The van der Waals surface area contributed by atoms with E-state index in [0.29, 0.717) is 5.75 Å². The average molecular weight is 382 g/mol. The number of primary amides is 1. The predicted molar refractivity (Wildman–Crippen MR) is 102 cm³/mol. The molecular formula is C21H22N2O5. The topological polar surface area (TPSA) is 108 Å². The summed E-state index contributed by atoms with van der Waals surface area (Å²) in [6.07, 6.45) is 2.86. The molecule has 7 nitrogen and oxygen atoms in total. The van der Waals surface area contributed by atoms with Gasteiger partial charge in [0.2, 0.25) is 5.91 Å². The average Bonchev–Trinajstić information content (AvgIpc) is 2.71. The number of hydrogen-bond acceptors (Lipinski definition) is 5. The SMILES string of the molecule is NC(=O)c1cccc(OCC(=O)OCC(=O)NC2CCCc3ccccc32)c1. The van der Waals surface area contributed by atoms with E-state index in [2.05, 4.69) is 11.4 Å². The molecule has 146 valence electrons. The van der Waals surface area contributed by atoms with Crippen molar-refractivity contribution < 1.29 is 23.9 Å². The van der Waals surface area contributed by atoms with Crippen LogP contribution in [0.5, 0.6) is 5.75 Å². The summed E-state index contributed by atoms with van der Waals surface area (Å²) in [4.78, 5) is 35.1. The van der Waals surface area contributed by atoms with Crippen molar-refractivity contribution in [2.24, 2.45) is 5.73 Å². The zero-order valence-electron chi connectivity index (χ0n) is 15.4. The normalized spacial score (nSPS) is 15.2. The van der Waals surface area contributed by atoms with Crippen LogP contribution in [0.2, 0.25) is 0 Å². The largest absolute Gasteiger partial charge is 0.482 e. The number of rotatable bonds is 7. The summed E-state index contributed by atoms with van der Waals surface area (Å²) < 4.78 is 10.2. The molecule has 1 unspecified atom stereocenters. The van der Waals surface area contributed by atoms with Gasteiger partial charge in [-0.1, -0.05) is 30.3 Å². The van der Waals surface area contributed by atoms with Crippen LogP contribution in [0.25, 0.3) is 0 Å². The van der Waals surface area contributed by atoms with E-state index in [-0.39, 0.29) is 30.7 Å². The second-order valence-corrected chi connectivity index (χ2v) is 6.55. The monoisotopic (exact) mass is 382 g/mol. The van der Waals surface area contributed by atoms with Crippen molar-refractivity contribution in [2.45, 2.75) is 25.3 Å². The van der Waals surface area contributed by atoms with E-state index in [1.165, 1.54) is 11.6 Å². The summed E-state index contributed by atoms with van der Waals surface area (Å²) in [5.41, 5.74) is 7.83. The molecule has 1 atom stereocenters. The molecule has 0 spiro atoms. The summed E-state index contributed by atoms with van der Waals surface area (Å²) in [7, 11) is 0. The molecular weight excluding hydrogens is 360 g/mol. The Hall–Kier alpha value is -3.35. The molecule has 2 aromatic rings. The highest BCUT2D eigenvalue weighted by Crippen LogP contribution is 2.29. The highest BCUT2D eigenvalue weighted by molar-refractivity contribution is 5.93. The van der Waals surface area contributed by atoms with Crippen molar-refractivity contribution in [1.82, 2.24) is 5.32 Å². The van der Waals surface area contributed by atoms with E-state index in [4.69, 9.17) is 15.2 Å². The molecule has 0 saturated heterocycles. The van der Waals surface area contributed by atoms with E-state index in [1.54, 1.807) is 18.2 Å².